The van der Waals surface area contributed by atoms with Crippen LogP contribution in [0, 0.1) is 0 Å². The number of carbonyl (C=O) groups is 3. The number of amides is 1. The minimum atomic E-state index is -5.08. The number of hydrogen-bond acceptors (Lipinski definition) is 5. The Balaban J connectivity index is 0.000000370. The van der Waals surface area contributed by atoms with Gasteiger partial charge in [0.05, 0.1) is 5.56 Å². The molecule has 1 aromatic heterocycles. The number of carbonyl (C=O) groups excluding carboxylic acids is 2. The van der Waals surface area contributed by atoms with E-state index in [0.717, 1.165) is 41.7 Å². The van der Waals surface area contributed by atoms with Crippen LogP contribution in [0.3, 0.4) is 0 Å². The number of esters is 1. The van der Waals surface area contributed by atoms with Crippen LogP contribution in [-0.4, -0.2) is 29.1 Å². The summed E-state index contributed by atoms with van der Waals surface area (Å²) >= 11 is 1.34. The number of primary amides is 1. The molecule has 0 spiro atoms. The zero-order valence-electron chi connectivity index (χ0n) is 15.1. The van der Waals surface area contributed by atoms with E-state index in [2.05, 4.69) is 0 Å². The summed E-state index contributed by atoms with van der Waals surface area (Å²) in [5.74, 6) is -3.75. The van der Waals surface area contributed by atoms with Gasteiger partial charge in [-0.05, 0) is 36.8 Å². The summed E-state index contributed by atoms with van der Waals surface area (Å²) in [5.41, 5.74) is 7.71. The van der Waals surface area contributed by atoms with Crippen LogP contribution in [-0.2, 0) is 29.0 Å². The molecular formula is C19H18F3NO5S. The predicted octanol–water partition coefficient (Wildman–Crippen LogP) is 3.72. The van der Waals surface area contributed by atoms with E-state index in [1.165, 1.54) is 11.3 Å². The van der Waals surface area contributed by atoms with E-state index in [1.807, 2.05) is 30.3 Å². The van der Waals surface area contributed by atoms with Crippen LogP contribution < -0.4 is 5.73 Å². The first-order chi connectivity index (χ1) is 13.6. The van der Waals surface area contributed by atoms with Gasteiger partial charge in [0, 0.05) is 4.88 Å². The van der Waals surface area contributed by atoms with Crippen molar-refractivity contribution in [3.05, 3.63) is 56.8 Å². The summed E-state index contributed by atoms with van der Waals surface area (Å²) < 4.78 is 37.1. The van der Waals surface area contributed by atoms with Crippen molar-refractivity contribution in [1.82, 2.24) is 0 Å². The molecule has 0 aliphatic heterocycles. The lowest BCUT2D eigenvalue weighted by atomic mass is 9.95. The Kier molecular flexibility index (Phi) is 7.38. The van der Waals surface area contributed by atoms with Crippen molar-refractivity contribution in [1.29, 1.82) is 0 Å². The molecule has 0 unspecified atom stereocenters. The molecule has 1 aromatic carbocycles. The first-order valence-corrected chi connectivity index (χ1v) is 9.38. The molecule has 1 heterocycles. The van der Waals surface area contributed by atoms with Crippen LogP contribution in [0.25, 0.3) is 0 Å². The monoisotopic (exact) mass is 429 g/mol. The van der Waals surface area contributed by atoms with Crippen molar-refractivity contribution in [2.45, 2.75) is 38.5 Å². The SMILES string of the molecule is NC(=O)c1sc2c(c1C(=O)OCc1ccccc1)CCCC2.O=C(O)C(F)(F)F. The molecule has 156 valence electrons. The molecule has 0 bridgehead atoms. The van der Waals surface area contributed by atoms with Crippen molar-refractivity contribution in [2.75, 3.05) is 0 Å². The number of fused-ring (bicyclic) bond motifs is 1. The fourth-order valence-corrected chi connectivity index (χ4v) is 3.98. The van der Waals surface area contributed by atoms with Crippen LogP contribution >= 0.6 is 11.3 Å². The molecular weight excluding hydrogens is 411 g/mol. The third kappa shape index (κ3) is 6.05. The van der Waals surface area contributed by atoms with Gasteiger partial charge in [0.1, 0.15) is 11.5 Å². The Morgan fingerprint density at radius 2 is 1.69 bits per heavy atom. The Morgan fingerprint density at radius 3 is 2.24 bits per heavy atom. The zero-order chi connectivity index (χ0) is 21.6. The van der Waals surface area contributed by atoms with Gasteiger partial charge in [-0.3, -0.25) is 4.79 Å². The van der Waals surface area contributed by atoms with Gasteiger partial charge in [-0.15, -0.1) is 11.3 Å². The molecule has 6 nitrogen and oxygen atoms in total. The Labute approximate surface area is 168 Å². The summed E-state index contributed by atoms with van der Waals surface area (Å²) in [5, 5.41) is 7.12. The predicted molar refractivity (Wildman–Crippen MR) is 98.7 cm³/mol. The number of aryl methyl sites for hydroxylation is 1. The molecule has 3 rings (SSSR count). The first-order valence-electron chi connectivity index (χ1n) is 8.56. The van der Waals surface area contributed by atoms with Crippen molar-refractivity contribution in [2.24, 2.45) is 5.73 Å². The van der Waals surface area contributed by atoms with Crippen LogP contribution in [0.2, 0.25) is 0 Å². The highest BCUT2D eigenvalue weighted by atomic mass is 32.1. The molecule has 0 radical (unpaired) electrons. The summed E-state index contributed by atoms with van der Waals surface area (Å²) in [4.78, 5) is 34.4. The van der Waals surface area contributed by atoms with E-state index < -0.39 is 24.0 Å². The van der Waals surface area contributed by atoms with E-state index in [4.69, 9.17) is 20.4 Å². The number of ether oxygens (including phenoxy) is 1. The number of nitrogens with two attached hydrogens (primary N) is 1. The van der Waals surface area contributed by atoms with Crippen LogP contribution in [0.4, 0.5) is 13.2 Å². The molecule has 0 saturated heterocycles. The van der Waals surface area contributed by atoms with Crippen molar-refractivity contribution in [3.63, 3.8) is 0 Å². The molecule has 0 atom stereocenters. The molecule has 29 heavy (non-hydrogen) atoms. The quantitative estimate of drug-likeness (QED) is 0.721. The van der Waals surface area contributed by atoms with E-state index in [0.29, 0.717) is 10.4 Å². The second-order valence-electron chi connectivity index (χ2n) is 6.14. The molecule has 1 aliphatic carbocycles. The smallest absolute Gasteiger partial charge is 0.475 e. The Morgan fingerprint density at radius 1 is 1.10 bits per heavy atom. The van der Waals surface area contributed by atoms with Gasteiger partial charge in [0.2, 0.25) is 0 Å². The number of carboxylic acid groups (broad SMARTS) is 1. The van der Waals surface area contributed by atoms with Gasteiger partial charge in [-0.25, -0.2) is 9.59 Å². The van der Waals surface area contributed by atoms with Crippen molar-refractivity contribution >= 4 is 29.2 Å². The molecule has 1 amide bonds. The average molecular weight is 429 g/mol. The minimum absolute atomic E-state index is 0.197. The lowest BCUT2D eigenvalue weighted by Crippen LogP contribution is -2.21. The summed E-state index contributed by atoms with van der Waals surface area (Å²) in [6.07, 6.45) is -1.24. The molecule has 3 N–H and O–H groups in total. The average Bonchev–Trinajstić information content (AvgIpc) is 3.07. The highest BCUT2D eigenvalue weighted by molar-refractivity contribution is 7.14. The normalized spacial score (nSPS) is 12.9. The highest BCUT2D eigenvalue weighted by Crippen LogP contribution is 2.34. The third-order valence-corrected chi connectivity index (χ3v) is 5.36. The van der Waals surface area contributed by atoms with Gasteiger partial charge in [0.15, 0.2) is 0 Å². The zero-order valence-corrected chi connectivity index (χ0v) is 15.9. The maximum atomic E-state index is 12.5. The minimum Gasteiger partial charge on any atom is -0.475 e. The highest BCUT2D eigenvalue weighted by Gasteiger charge is 2.38. The Bertz CT molecular complexity index is 893. The molecule has 0 fully saturated rings. The van der Waals surface area contributed by atoms with Gasteiger partial charge in [-0.2, -0.15) is 13.2 Å². The lowest BCUT2D eigenvalue weighted by molar-refractivity contribution is -0.192. The Hall–Kier alpha value is -2.88. The van der Waals surface area contributed by atoms with Gasteiger partial charge < -0.3 is 15.6 Å². The molecule has 2 aromatic rings. The van der Waals surface area contributed by atoms with E-state index in [9.17, 15) is 22.8 Å². The molecule has 0 saturated carbocycles. The maximum Gasteiger partial charge on any atom is 0.490 e. The topological polar surface area (TPSA) is 107 Å². The van der Waals surface area contributed by atoms with Crippen molar-refractivity contribution in [3.8, 4) is 0 Å². The number of aliphatic carboxylic acids is 1. The second kappa shape index (κ2) is 9.55. The van der Waals surface area contributed by atoms with Crippen LogP contribution in [0.15, 0.2) is 30.3 Å². The number of carboxylic acids is 1. The summed E-state index contributed by atoms with van der Waals surface area (Å²) in [6.45, 7) is 0.197. The van der Waals surface area contributed by atoms with Crippen LogP contribution in [0.1, 0.15) is 48.9 Å². The number of halogens is 3. The summed E-state index contributed by atoms with van der Waals surface area (Å²) in [7, 11) is 0. The number of thiophene rings is 1. The number of hydrogen-bond donors (Lipinski definition) is 2. The maximum absolute atomic E-state index is 12.5. The molecule has 10 heteroatoms. The molecule has 1 aliphatic rings. The fourth-order valence-electron chi connectivity index (χ4n) is 2.75. The summed E-state index contributed by atoms with van der Waals surface area (Å²) in [6, 6.07) is 9.48. The van der Waals surface area contributed by atoms with Gasteiger partial charge >= 0.3 is 18.1 Å². The van der Waals surface area contributed by atoms with E-state index >= 15 is 0 Å². The lowest BCUT2D eigenvalue weighted by Gasteiger charge is -2.12. The fraction of sp³-hybridized carbons (Fsp3) is 0.316. The third-order valence-electron chi connectivity index (χ3n) is 4.05. The first kappa shape index (κ1) is 22.4. The second-order valence-corrected chi connectivity index (χ2v) is 7.25. The van der Waals surface area contributed by atoms with Crippen molar-refractivity contribution < 1.29 is 37.4 Å². The van der Waals surface area contributed by atoms with E-state index in [1.54, 1.807) is 0 Å². The largest absolute Gasteiger partial charge is 0.490 e. The van der Waals surface area contributed by atoms with Gasteiger partial charge in [-0.1, -0.05) is 30.3 Å². The number of rotatable bonds is 4. The van der Waals surface area contributed by atoms with Crippen LogP contribution in [0.5, 0.6) is 0 Å². The van der Waals surface area contributed by atoms with Gasteiger partial charge in [0.25, 0.3) is 5.91 Å². The standard InChI is InChI=1S/C17H17NO3S.C2HF3O2/c18-16(19)15-14(12-8-4-5-9-13(12)22-15)17(20)21-10-11-6-2-1-3-7-11;3-2(4,5)1(6)7/h1-3,6-7H,4-5,8-10H2,(H2,18,19);(H,6,7). The van der Waals surface area contributed by atoms with E-state index in [-0.39, 0.29) is 6.61 Å². The number of benzene rings is 1. The number of alkyl halides is 3.